The molecule has 0 aliphatic carbocycles. The number of piperazine rings is 1. The van der Waals surface area contributed by atoms with Gasteiger partial charge in [-0.3, -0.25) is 9.59 Å². The number of anilines is 1. The fourth-order valence-electron chi connectivity index (χ4n) is 3.62. The van der Waals surface area contributed by atoms with Crippen LogP contribution < -0.4 is 10.2 Å². The summed E-state index contributed by atoms with van der Waals surface area (Å²) in [5.41, 5.74) is 2.63. The number of para-hydroxylation sites is 1. The third-order valence-corrected chi connectivity index (χ3v) is 5.49. The predicted octanol–water partition coefficient (Wildman–Crippen LogP) is 2.52. The van der Waals surface area contributed by atoms with E-state index in [0.29, 0.717) is 36.3 Å². The number of carbonyl (C=O) groups excluding carboxylic acids is 2. The molecule has 2 amide bonds. The van der Waals surface area contributed by atoms with E-state index in [1.54, 1.807) is 12.1 Å². The predicted molar refractivity (Wildman–Crippen MR) is 117 cm³/mol. The Bertz CT molecular complexity index is 843. The van der Waals surface area contributed by atoms with E-state index in [1.165, 1.54) is 10.5 Å². The molecule has 1 aliphatic heterocycles. The maximum atomic E-state index is 12.8. The van der Waals surface area contributed by atoms with Gasteiger partial charge in [0.25, 0.3) is 11.8 Å². The van der Waals surface area contributed by atoms with Gasteiger partial charge in [-0.15, -0.1) is 0 Å². The third-order valence-electron chi connectivity index (χ3n) is 5.16. The molecule has 1 saturated heterocycles. The second-order valence-corrected chi connectivity index (χ2v) is 8.45. The highest BCUT2D eigenvalue weighted by Crippen LogP contribution is 2.20. The number of hydrogen-bond donors (Lipinski definition) is 2. The Morgan fingerprint density at radius 1 is 1.07 bits per heavy atom. The molecular formula is C23H29ClN3O2+. The summed E-state index contributed by atoms with van der Waals surface area (Å²) in [5.74, 6) is 0.608. The van der Waals surface area contributed by atoms with Crippen molar-refractivity contribution in [3.05, 3.63) is 64.7 Å². The van der Waals surface area contributed by atoms with E-state index in [0.717, 1.165) is 25.1 Å². The molecule has 6 heteroatoms. The van der Waals surface area contributed by atoms with Crippen LogP contribution in [0.4, 0.5) is 5.69 Å². The zero-order chi connectivity index (χ0) is 20.8. The van der Waals surface area contributed by atoms with Crippen molar-refractivity contribution < 1.29 is 14.5 Å². The number of nitrogens with one attached hydrogen (secondary N) is 2. The highest BCUT2D eigenvalue weighted by atomic mass is 35.5. The van der Waals surface area contributed by atoms with Crippen molar-refractivity contribution in [3.8, 4) is 0 Å². The summed E-state index contributed by atoms with van der Waals surface area (Å²) in [4.78, 5) is 28.1. The average Bonchev–Trinajstić information content (AvgIpc) is 2.70. The first kappa shape index (κ1) is 21.3. The van der Waals surface area contributed by atoms with E-state index < -0.39 is 0 Å². The van der Waals surface area contributed by atoms with Gasteiger partial charge in [-0.1, -0.05) is 49.7 Å². The Balaban J connectivity index is 1.48. The molecule has 0 bridgehead atoms. The maximum Gasteiger partial charge on any atom is 0.279 e. The SMILES string of the molecule is CC(C)Cc1ccc(C(=O)N2CC[NH+](CC(=O)Nc3ccccc3Cl)CC2)cc1. The number of rotatable bonds is 6. The van der Waals surface area contributed by atoms with Gasteiger partial charge in [-0.2, -0.15) is 0 Å². The Morgan fingerprint density at radius 3 is 2.34 bits per heavy atom. The lowest BCUT2D eigenvalue weighted by Crippen LogP contribution is -3.15. The van der Waals surface area contributed by atoms with Gasteiger partial charge in [0.05, 0.1) is 36.9 Å². The first-order valence-electron chi connectivity index (χ1n) is 10.2. The quantitative estimate of drug-likeness (QED) is 0.763. The molecular weight excluding hydrogens is 386 g/mol. The van der Waals surface area contributed by atoms with E-state index >= 15 is 0 Å². The molecule has 0 radical (unpaired) electrons. The van der Waals surface area contributed by atoms with Gasteiger partial charge < -0.3 is 15.1 Å². The first-order chi connectivity index (χ1) is 13.9. The highest BCUT2D eigenvalue weighted by Gasteiger charge is 2.26. The fourth-order valence-corrected chi connectivity index (χ4v) is 3.81. The zero-order valence-electron chi connectivity index (χ0n) is 17.1. The van der Waals surface area contributed by atoms with E-state index in [-0.39, 0.29) is 11.8 Å². The lowest BCUT2D eigenvalue weighted by Gasteiger charge is -2.32. The molecule has 2 aromatic rings. The Morgan fingerprint density at radius 2 is 1.72 bits per heavy atom. The standard InChI is InChI=1S/C23H28ClN3O2/c1-17(2)15-18-7-9-19(10-8-18)23(29)27-13-11-26(12-14-27)16-22(28)25-21-6-4-3-5-20(21)24/h3-10,17H,11-16H2,1-2H3,(H,25,28)/p+1. The van der Waals surface area contributed by atoms with Gasteiger partial charge in [0, 0.05) is 5.56 Å². The van der Waals surface area contributed by atoms with Crippen LogP contribution in [-0.2, 0) is 11.2 Å². The highest BCUT2D eigenvalue weighted by molar-refractivity contribution is 6.33. The molecule has 1 heterocycles. The largest absolute Gasteiger partial charge is 0.327 e. The van der Waals surface area contributed by atoms with Crippen LogP contribution in [0.3, 0.4) is 0 Å². The van der Waals surface area contributed by atoms with Crippen molar-refractivity contribution in [1.82, 2.24) is 4.90 Å². The molecule has 0 spiro atoms. The number of amides is 2. The lowest BCUT2D eigenvalue weighted by atomic mass is 10.0. The Labute approximate surface area is 177 Å². The van der Waals surface area contributed by atoms with Crippen molar-refractivity contribution in [2.45, 2.75) is 20.3 Å². The second-order valence-electron chi connectivity index (χ2n) is 8.04. The monoisotopic (exact) mass is 414 g/mol. The zero-order valence-corrected chi connectivity index (χ0v) is 17.8. The summed E-state index contributed by atoms with van der Waals surface area (Å²) >= 11 is 6.09. The molecule has 29 heavy (non-hydrogen) atoms. The van der Waals surface area contributed by atoms with Gasteiger partial charge in [0.2, 0.25) is 0 Å². The second kappa shape index (κ2) is 9.90. The number of hydrogen-bond acceptors (Lipinski definition) is 2. The van der Waals surface area contributed by atoms with Gasteiger partial charge in [-0.05, 0) is 42.2 Å². The molecule has 0 atom stereocenters. The van der Waals surface area contributed by atoms with Crippen molar-refractivity contribution >= 4 is 29.1 Å². The number of halogens is 1. The van der Waals surface area contributed by atoms with Crippen LogP contribution in [0.2, 0.25) is 5.02 Å². The summed E-state index contributed by atoms with van der Waals surface area (Å²) in [6.07, 6.45) is 1.02. The molecule has 2 N–H and O–H groups in total. The molecule has 0 aromatic heterocycles. The topological polar surface area (TPSA) is 53.9 Å². The van der Waals surface area contributed by atoms with E-state index in [9.17, 15) is 9.59 Å². The summed E-state index contributed by atoms with van der Waals surface area (Å²) in [7, 11) is 0. The third kappa shape index (κ3) is 6.05. The summed E-state index contributed by atoms with van der Waals surface area (Å²) in [6, 6.07) is 15.2. The molecule has 5 nitrogen and oxygen atoms in total. The van der Waals surface area contributed by atoms with Crippen molar-refractivity contribution in [2.24, 2.45) is 5.92 Å². The molecule has 3 rings (SSSR count). The normalized spacial score (nSPS) is 14.8. The number of nitrogens with zero attached hydrogens (tertiary/aromatic N) is 1. The average molecular weight is 415 g/mol. The number of benzene rings is 2. The van der Waals surface area contributed by atoms with Crippen LogP contribution in [0.25, 0.3) is 0 Å². The lowest BCUT2D eigenvalue weighted by molar-refractivity contribution is -0.895. The Kier molecular flexibility index (Phi) is 7.29. The summed E-state index contributed by atoms with van der Waals surface area (Å²) in [6.45, 7) is 7.57. The minimum atomic E-state index is -0.0615. The molecule has 2 aromatic carbocycles. The molecule has 1 fully saturated rings. The molecule has 0 saturated carbocycles. The van der Waals surface area contributed by atoms with Gasteiger partial charge in [0.1, 0.15) is 0 Å². The van der Waals surface area contributed by atoms with E-state index in [2.05, 4.69) is 19.2 Å². The van der Waals surface area contributed by atoms with Gasteiger partial charge in [-0.25, -0.2) is 0 Å². The minimum absolute atomic E-state index is 0.0615. The van der Waals surface area contributed by atoms with Crippen LogP contribution in [-0.4, -0.2) is 49.4 Å². The van der Waals surface area contributed by atoms with Gasteiger partial charge >= 0.3 is 0 Å². The Hall–Kier alpha value is -2.37. The molecule has 1 aliphatic rings. The van der Waals surface area contributed by atoms with Gasteiger partial charge in [0.15, 0.2) is 6.54 Å². The number of quaternary nitrogens is 1. The minimum Gasteiger partial charge on any atom is -0.327 e. The van der Waals surface area contributed by atoms with E-state index in [4.69, 9.17) is 11.6 Å². The van der Waals surface area contributed by atoms with Crippen LogP contribution in [0, 0.1) is 5.92 Å². The fraction of sp³-hybridized carbons (Fsp3) is 0.391. The van der Waals surface area contributed by atoms with Crippen molar-refractivity contribution in [3.63, 3.8) is 0 Å². The van der Waals surface area contributed by atoms with Crippen LogP contribution in [0.15, 0.2) is 48.5 Å². The summed E-state index contributed by atoms with van der Waals surface area (Å²) in [5, 5.41) is 3.40. The van der Waals surface area contributed by atoms with Crippen molar-refractivity contribution in [1.29, 1.82) is 0 Å². The summed E-state index contributed by atoms with van der Waals surface area (Å²) < 4.78 is 0. The smallest absolute Gasteiger partial charge is 0.279 e. The molecule has 0 unspecified atom stereocenters. The first-order valence-corrected chi connectivity index (χ1v) is 10.6. The molecule has 154 valence electrons. The van der Waals surface area contributed by atoms with Crippen LogP contribution >= 0.6 is 11.6 Å². The van der Waals surface area contributed by atoms with Crippen LogP contribution in [0.5, 0.6) is 0 Å². The van der Waals surface area contributed by atoms with Crippen LogP contribution in [0.1, 0.15) is 29.8 Å². The van der Waals surface area contributed by atoms with Crippen molar-refractivity contribution in [2.75, 3.05) is 38.0 Å². The van der Waals surface area contributed by atoms with E-state index in [1.807, 2.05) is 41.3 Å². The maximum absolute atomic E-state index is 12.8. The number of carbonyl (C=O) groups is 2.